The number of aromatic nitrogens is 1. The van der Waals surface area contributed by atoms with Crippen molar-refractivity contribution in [3.05, 3.63) is 47.7 Å². The molecule has 0 aliphatic heterocycles. The highest BCUT2D eigenvalue weighted by atomic mass is 16.5. The normalized spacial score (nSPS) is 10.0. The summed E-state index contributed by atoms with van der Waals surface area (Å²) in [6.45, 7) is 1.92. The van der Waals surface area contributed by atoms with Crippen LogP contribution in [0.25, 0.3) is 0 Å². The molecule has 2 rings (SSSR count). The van der Waals surface area contributed by atoms with Gasteiger partial charge in [-0.2, -0.15) is 0 Å². The Hall–Kier alpha value is -2.56. The van der Waals surface area contributed by atoms with Crippen molar-refractivity contribution in [2.24, 2.45) is 0 Å². The Morgan fingerprint density at radius 3 is 2.84 bits per heavy atom. The van der Waals surface area contributed by atoms with Crippen molar-refractivity contribution in [1.29, 1.82) is 0 Å². The van der Waals surface area contributed by atoms with E-state index < -0.39 is 0 Å². The summed E-state index contributed by atoms with van der Waals surface area (Å²) in [4.78, 5) is 15.7. The number of nitrogen functional groups attached to an aromatic ring is 1. The SMILES string of the molecule is COC(=O)c1cccc(Nc2ncc(C)cc2N)c1. The first-order chi connectivity index (χ1) is 9.10. The number of nitrogens with two attached hydrogens (primary N) is 1. The zero-order valence-corrected chi connectivity index (χ0v) is 10.8. The third-order valence-corrected chi connectivity index (χ3v) is 2.60. The molecule has 5 nitrogen and oxygen atoms in total. The third-order valence-electron chi connectivity index (χ3n) is 2.60. The molecule has 3 N–H and O–H groups in total. The van der Waals surface area contributed by atoms with Crippen LogP contribution in [0, 0.1) is 6.92 Å². The summed E-state index contributed by atoms with van der Waals surface area (Å²) in [5.41, 5.74) is 8.63. The molecule has 2 aromatic rings. The molecule has 0 aliphatic rings. The lowest BCUT2D eigenvalue weighted by Gasteiger charge is -2.09. The average molecular weight is 257 g/mol. The van der Waals surface area contributed by atoms with E-state index in [0.717, 1.165) is 11.3 Å². The second kappa shape index (κ2) is 5.39. The second-order valence-corrected chi connectivity index (χ2v) is 4.15. The van der Waals surface area contributed by atoms with Gasteiger partial charge < -0.3 is 15.8 Å². The monoisotopic (exact) mass is 257 g/mol. The molecule has 1 aromatic carbocycles. The fraction of sp³-hybridized carbons (Fsp3) is 0.143. The van der Waals surface area contributed by atoms with Gasteiger partial charge in [0.1, 0.15) is 0 Å². The summed E-state index contributed by atoms with van der Waals surface area (Å²) in [6, 6.07) is 8.79. The lowest BCUT2D eigenvalue weighted by molar-refractivity contribution is 0.0601. The Balaban J connectivity index is 2.26. The smallest absolute Gasteiger partial charge is 0.337 e. The van der Waals surface area contributed by atoms with Crippen molar-refractivity contribution in [3.8, 4) is 0 Å². The van der Waals surface area contributed by atoms with Crippen LogP contribution in [0.5, 0.6) is 0 Å². The van der Waals surface area contributed by atoms with Gasteiger partial charge in [-0.15, -0.1) is 0 Å². The van der Waals surface area contributed by atoms with Crippen LogP contribution >= 0.6 is 0 Å². The Labute approximate surface area is 111 Å². The molecule has 0 unspecified atom stereocenters. The van der Waals surface area contributed by atoms with Crippen molar-refractivity contribution in [2.75, 3.05) is 18.2 Å². The number of hydrogen-bond acceptors (Lipinski definition) is 5. The summed E-state index contributed by atoms with van der Waals surface area (Å²) in [5.74, 6) is 0.182. The van der Waals surface area contributed by atoms with E-state index in [9.17, 15) is 4.79 Å². The second-order valence-electron chi connectivity index (χ2n) is 4.15. The molecule has 0 saturated carbocycles. The fourth-order valence-corrected chi connectivity index (χ4v) is 1.67. The van der Waals surface area contributed by atoms with Gasteiger partial charge in [0.05, 0.1) is 18.4 Å². The highest BCUT2D eigenvalue weighted by molar-refractivity contribution is 5.90. The number of nitrogens with zero attached hydrogens (tertiary/aromatic N) is 1. The van der Waals surface area contributed by atoms with E-state index in [2.05, 4.69) is 15.0 Å². The maximum Gasteiger partial charge on any atom is 0.337 e. The molecule has 0 bridgehead atoms. The number of anilines is 3. The first-order valence-electron chi connectivity index (χ1n) is 5.77. The van der Waals surface area contributed by atoms with E-state index in [-0.39, 0.29) is 5.97 Å². The minimum absolute atomic E-state index is 0.381. The van der Waals surface area contributed by atoms with E-state index >= 15 is 0 Å². The topological polar surface area (TPSA) is 77.2 Å². The number of ether oxygens (including phenoxy) is 1. The number of hydrogen-bond donors (Lipinski definition) is 2. The standard InChI is InChI=1S/C14H15N3O2/c1-9-6-12(15)13(16-8-9)17-11-5-3-4-10(7-11)14(18)19-2/h3-8H,15H2,1-2H3,(H,16,17). The van der Waals surface area contributed by atoms with Gasteiger partial charge in [-0.05, 0) is 36.8 Å². The molecule has 0 radical (unpaired) electrons. The Morgan fingerprint density at radius 2 is 2.16 bits per heavy atom. The van der Waals surface area contributed by atoms with Gasteiger partial charge in [0, 0.05) is 11.9 Å². The molecule has 1 aromatic heterocycles. The minimum Gasteiger partial charge on any atom is -0.465 e. The van der Waals surface area contributed by atoms with Gasteiger partial charge in [-0.1, -0.05) is 6.07 Å². The number of benzene rings is 1. The summed E-state index contributed by atoms with van der Waals surface area (Å²) >= 11 is 0. The summed E-state index contributed by atoms with van der Waals surface area (Å²) in [5, 5.41) is 3.07. The number of aryl methyl sites for hydroxylation is 1. The summed E-state index contributed by atoms with van der Waals surface area (Å²) < 4.78 is 4.67. The number of methoxy groups -OCH3 is 1. The van der Waals surface area contributed by atoms with Crippen molar-refractivity contribution in [2.45, 2.75) is 6.92 Å². The predicted molar refractivity (Wildman–Crippen MR) is 74.5 cm³/mol. The van der Waals surface area contributed by atoms with Gasteiger partial charge in [-0.25, -0.2) is 9.78 Å². The van der Waals surface area contributed by atoms with Gasteiger partial charge in [0.15, 0.2) is 5.82 Å². The first kappa shape index (κ1) is 12.9. The molecule has 5 heteroatoms. The number of pyridine rings is 1. The van der Waals surface area contributed by atoms with Crippen LogP contribution in [-0.2, 0) is 4.74 Å². The fourth-order valence-electron chi connectivity index (χ4n) is 1.67. The predicted octanol–water partition coefficient (Wildman–Crippen LogP) is 2.50. The number of carbonyl (C=O) groups is 1. The van der Waals surface area contributed by atoms with Crippen LogP contribution < -0.4 is 11.1 Å². The third kappa shape index (κ3) is 3.01. The lowest BCUT2D eigenvalue weighted by Crippen LogP contribution is -2.03. The van der Waals surface area contributed by atoms with Crippen LogP contribution in [0.1, 0.15) is 15.9 Å². The molecule has 0 saturated heterocycles. The summed E-state index contributed by atoms with van der Waals surface area (Å²) in [6.07, 6.45) is 1.73. The van der Waals surface area contributed by atoms with Crippen molar-refractivity contribution in [3.63, 3.8) is 0 Å². The largest absolute Gasteiger partial charge is 0.465 e. The van der Waals surface area contributed by atoms with Crippen molar-refractivity contribution in [1.82, 2.24) is 4.98 Å². The van der Waals surface area contributed by atoms with E-state index in [0.29, 0.717) is 17.1 Å². The molecule has 0 fully saturated rings. The molecule has 19 heavy (non-hydrogen) atoms. The maximum absolute atomic E-state index is 11.4. The molecular weight excluding hydrogens is 242 g/mol. The molecular formula is C14H15N3O2. The zero-order chi connectivity index (χ0) is 13.8. The quantitative estimate of drug-likeness (QED) is 0.826. The van der Waals surface area contributed by atoms with E-state index in [4.69, 9.17) is 5.73 Å². The zero-order valence-electron chi connectivity index (χ0n) is 10.8. The Morgan fingerprint density at radius 1 is 1.37 bits per heavy atom. The highest BCUT2D eigenvalue weighted by Crippen LogP contribution is 2.22. The van der Waals surface area contributed by atoms with Gasteiger partial charge in [0.2, 0.25) is 0 Å². The molecule has 1 heterocycles. The van der Waals surface area contributed by atoms with Crippen LogP contribution in [0.2, 0.25) is 0 Å². The number of nitrogens with one attached hydrogen (secondary N) is 1. The van der Waals surface area contributed by atoms with E-state index in [1.807, 2.05) is 19.1 Å². The lowest BCUT2D eigenvalue weighted by atomic mass is 10.2. The molecule has 98 valence electrons. The van der Waals surface area contributed by atoms with E-state index in [1.54, 1.807) is 24.4 Å². The molecule has 0 amide bonds. The number of rotatable bonds is 3. The number of esters is 1. The van der Waals surface area contributed by atoms with Crippen LogP contribution in [-0.4, -0.2) is 18.1 Å². The van der Waals surface area contributed by atoms with Crippen molar-refractivity contribution < 1.29 is 9.53 Å². The molecule has 0 spiro atoms. The van der Waals surface area contributed by atoms with Crippen molar-refractivity contribution >= 4 is 23.2 Å². The summed E-state index contributed by atoms with van der Waals surface area (Å²) in [7, 11) is 1.35. The Bertz CT molecular complexity index is 611. The molecule has 0 aliphatic carbocycles. The number of carbonyl (C=O) groups excluding carboxylic acids is 1. The van der Waals surface area contributed by atoms with Gasteiger partial charge in [0.25, 0.3) is 0 Å². The van der Waals surface area contributed by atoms with Gasteiger partial charge >= 0.3 is 5.97 Å². The maximum atomic E-state index is 11.4. The van der Waals surface area contributed by atoms with Crippen LogP contribution in [0.3, 0.4) is 0 Å². The van der Waals surface area contributed by atoms with E-state index in [1.165, 1.54) is 7.11 Å². The average Bonchev–Trinajstić information content (AvgIpc) is 2.41. The minimum atomic E-state index is -0.381. The first-order valence-corrected chi connectivity index (χ1v) is 5.77. The van der Waals surface area contributed by atoms with Gasteiger partial charge in [-0.3, -0.25) is 0 Å². The highest BCUT2D eigenvalue weighted by Gasteiger charge is 2.07. The van der Waals surface area contributed by atoms with Crippen LogP contribution in [0.15, 0.2) is 36.5 Å². The Kier molecular flexibility index (Phi) is 3.66. The molecule has 0 atom stereocenters. The van der Waals surface area contributed by atoms with Crippen LogP contribution in [0.4, 0.5) is 17.2 Å².